The van der Waals surface area contributed by atoms with Gasteiger partial charge < -0.3 is 18.9 Å². The van der Waals surface area contributed by atoms with Crippen LogP contribution in [0.4, 0.5) is 5.69 Å². The third-order valence-electron chi connectivity index (χ3n) is 7.18. The van der Waals surface area contributed by atoms with Gasteiger partial charge >= 0.3 is 0 Å². The molecule has 200 valence electrons. The number of anilines is 1. The van der Waals surface area contributed by atoms with Crippen LogP contribution in [0.15, 0.2) is 59.5 Å². The highest BCUT2D eigenvalue weighted by molar-refractivity contribution is 7.93. The summed E-state index contributed by atoms with van der Waals surface area (Å²) in [6.45, 7) is 2.30. The molecular weight excluding hydrogens is 504 g/mol. The first kappa shape index (κ1) is 26.0. The van der Waals surface area contributed by atoms with E-state index in [1.807, 2.05) is 35.9 Å². The van der Waals surface area contributed by atoms with E-state index in [-0.39, 0.29) is 28.8 Å². The van der Waals surface area contributed by atoms with Gasteiger partial charge in [0, 0.05) is 47.9 Å². The molecule has 0 saturated carbocycles. The molecule has 0 atom stereocenters. The number of nitrogens with zero attached hydrogens (tertiary/aromatic N) is 4. The molecule has 0 unspecified atom stereocenters. The zero-order valence-electron chi connectivity index (χ0n) is 21.9. The number of hydrogen-bond donors (Lipinski definition) is 0. The van der Waals surface area contributed by atoms with Crippen LogP contribution in [0.5, 0.6) is 11.8 Å². The van der Waals surface area contributed by atoms with Gasteiger partial charge in [0.15, 0.2) is 0 Å². The Morgan fingerprint density at radius 3 is 2.42 bits per heavy atom. The van der Waals surface area contributed by atoms with Crippen LogP contribution in [0.2, 0.25) is 0 Å². The van der Waals surface area contributed by atoms with Crippen LogP contribution in [-0.2, 0) is 21.9 Å². The number of aryl methyl sites for hydroxylation is 1. The minimum Gasteiger partial charge on any atom is -0.481 e. The number of benzene rings is 2. The Bertz CT molecular complexity index is 1590. The Morgan fingerprint density at radius 2 is 1.68 bits per heavy atom. The van der Waals surface area contributed by atoms with Gasteiger partial charge in [-0.25, -0.2) is 8.42 Å². The molecule has 38 heavy (non-hydrogen) atoms. The van der Waals surface area contributed by atoms with E-state index in [2.05, 4.69) is 9.88 Å². The van der Waals surface area contributed by atoms with E-state index in [0.717, 1.165) is 52.0 Å². The number of aromatic nitrogens is 2. The highest BCUT2D eigenvalue weighted by Crippen LogP contribution is 2.36. The monoisotopic (exact) mass is 536 g/mol. The summed E-state index contributed by atoms with van der Waals surface area (Å²) in [6, 6.07) is 15.8. The van der Waals surface area contributed by atoms with Crippen LogP contribution in [-0.4, -0.2) is 62.6 Å². The van der Waals surface area contributed by atoms with Gasteiger partial charge in [0.05, 0.1) is 19.1 Å². The molecule has 1 aliphatic rings. The molecule has 1 fully saturated rings. The lowest BCUT2D eigenvalue weighted by Gasteiger charge is -2.28. The number of likely N-dealkylation sites (tertiary alicyclic amines) is 1. The van der Waals surface area contributed by atoms with Gasteiger partial charge in [-0.2, -0.15) is 9.29 Å². The number of para-hydroxylation sites is 1. The molecule has 3 heterocycles. The maximum Gasteiger partial charge on any atom is 0.271 e. The average Bonchev–Trinajstić information content (AvgIpc) is 3.24. The number of fused-ring (bicyclic) bond motifs is 3. The number of piperidine rings is 1. The molecule has 9 nitrogen and oxygen atoms in total. The molecular formula is C28H32N4O5S. The van der Waals surface area contributed by atoms with E-state index < -0.39 is 15.9 Å². The van der Waals surface area contributed by atoms with E-state index in [1.54, 1.807) is 18.2 Å². The van der Waals surface area contributed by atoms with Crippen molar-refractivity contribution in [1.82, 2.24) is 14.5 Å². The standard InChI is InChI=1S/C28H32N4O5S/c1-30-23-10-6-5-9-21(23)22-19-20(11-12-24(22)30)38(34,35)32(25-13-14-26(36-2)29-28(25)37-3)27(33)15-18-31-16-7-4-8-17-31/h5-6,9-14,19H,4,7-8,15-18H2,1-3H3. The fourth-order valence-electron chi connectivity index (χ4n) is 5.18. The first-order chi connectivity index (χ1) is 18.3. The Hall–Kier alpha value is -3.63. The average molecular weight is 537 g/mol. The molecule has 2 aromatic carbocycles. The Labute approximate surface area is 222 Å². The van der Waals surface area contributed by atoms with Gasteiger partial charge in [-0.3, -0.25) is 4.79 Å². The fourth-order valence-corrected chi connectivity index (χ4v) is 6.66. The van der Waals surface area contributed by atoms with Gasteiger partial charge in [0.2, 0.25) is 17.7 Å². The first-order valence-corrected chi connectivity index (χ1v) is 14.2. The molecule has 0 N–H and O–H groups in total. The third-order valence-corrected chi connectivity index (χ3v) is 8.91. The molecule has 10 heteroatoms. The lowest BCUT2D eigenvalue weighted by atomic mass is 10.1. The normalized spacial score (nSPS) is 14.6. The summed E-state index contributed by atoms with van der Waals surface area (Å²) in [4.78, 5) is 20.2. The summed E-state index contributed by atoms with van der Waals surface area (Å²) in [5, 5.41) is 1.73. The summed E-state index contributed by atoms with van der Waals surface area (Å²) in [6.07, 6.45) is 3.39. The largest absolute Gasteiger partial charge is 0.481 e. The van der Waals surface area contributed by atoms with Crippen molar-refractivity contribution in [3.63, 3.8) is 0 Å². The molecule has 0 bridgehead atoms. The molecule has 4 aromatic rings. The van der Waals surface area contributed by atoms with Crippen molar-refractivity contribution in [2.24, 2.45) is 7.05 Å². The van der Waals surface area contributed by atoms with Gasteiger partial charge in [0.1, 0.15) is 5.69 Å². The SMILES string of the molecule is COc1ccc(N(C(=O)CCN2CCCCC2)S(=O)(=O)c2ccc3c(c2)c2ccccc2n3C)c(OC)n1. The minimum absolute atomic E-state index is 0.00881. The second-order valence-electron chi connectivity index (χ2n) is 9.45. The topological polar surface area (TPSA) is 94.0 Å². The first-order valence-electron chi connectivity index (χ1n) is 12.7. The second-order valence-corrected chi connectivity index (χ2v) is 11.2. The predicted octanol–water partition coefficient (Wildman–Crippen LogP) is 4.34. The summed E-state index contributed by atoms with van der Waals surface area (Å²) < 4.78 is 41.9. The van der Waals surface area contributed by atoms with Crippen molar-refractivity contribution in [3.8, 4) is 11.8 Å². The van der Waals surface area contributed by atoms with Crippen LogP contribution >= 0.6 is 0 Å². The van der Waals surface area contributed by atoms with Crippen molar-refractivity contribution in [3.05, 3.63) is 54.6 Å². The maximum absolute atomic E-state index is 14.2. The van der Waals surface area contributed by atoms with Crippen LogP contribution in [0, 0.1) is 0 Å². The lowest BCUT2D eigenvalue weighted by Crippen LogP contribution is -2.40. The number of sulfonamides is 1. The molecule has 0 aliphatic carbocycles. The number of rotatable bonds is 8. The van der Waals surface area contributed by atoms with E-state index in [1.165, 1.54) is 32.8 Å². The zero-order chi connectivity index (χ0) is 26.9. The molecule has 0 spiro atoms. The maximum atomic E-state index is 14.2. The third kappa shape index (κ3) is 4.69. The van der Waals surface area contributed by atoms with Gasteiger partial charge in [-0.15, -0.1) is 0 Å². The summed E-state index contributed by atoms with van der Waals surface area (Å²) in [5.41, 5.74) is 1.94. The number of ether oxygens (including phenoxy) is 2. The highest BCUT2D eigenvalue weighted by atomic mass is 32.2. The highest BCUT2D eigenvalue weighted by Gasteiger charge is 2.34. The summed E-state index contributed by atoms with van der Waals surface area (Å²) in [7, 11) is 0.476. The number of methoxy groups -OCH3 is 2. The van der Waals surface area contributed by atoms with Crippen molar-refractivity contribution in [2.45, 2.75) is 30.6 Å². The molecule has 1 saturated heterocycles. The summed E-state index contributed by atoms with van der Waals surface area (Å²) >= 11 is 0. The van der Waals surface area contributed by atoms with Crippen molar-refractivity contribution >= 4 is 43.4 Å². The van der Waals surface area contributed by atoms with E-state index >= 15 is 0 Å². The minimum atomic E-state index is -4.31. The predicted molar refractivity (Wildman–Crippen MR) is 147 cm³/mol. The van der Waals surface area contributed by atoms with Crippen molar-refractivity contribution < 1.29 is 22.7 Å². The fraction of sp³-hybridized carbons (Fsp3) is 0.357. The van der Waals surface area contributed by atoms with E-state index in [4.69, 9.17) is 9.47 Å². The number of hydrogen-bond acceptors (Lipinski definition) is 7. The van der Waals surface area contributed by atoms with Crippen molar-refractivity contribution in [1.29, 1.82) is 0 Å². The number of pyridine rings is 1. The van der Waals surface area contributed by atoms with Crippen LogP contribution in [0.1, 0.15) is 25.7 Å². The smallest absolute Gasteiger partial charge is 0.271 e. The van der Waals surface area contributed by atoms with Crippen LogP contribution in [0.25, 0.3) is 21.8 Å². The van der Waals surface area contributed by atoms with Crippen molar-refractivity contribution in [2.75, 3.05) is 38.2 Å². The van der Waals surface area contributed by atoms with Gasteiger partial charge in [-0.1, -0.05) is 24.6 Å². The van der Waals surface area contributed by atoms with E-state index in [0.29, 0.717) is 6.54 Å². The summed E-state index contributed by atoms with van der Waals surface area (Å²) in [5.74, 6) is -0.301. The quantitative estimate of drug-likeness (QED) is 0.331. The molecule has 2 aromatic heterocycles. The zero-order valence-corrected chi connectivity index (χ0v) is 22.7. The van der Waals surface area contributed by atoms with Crippen LogP contribution < -0.4 is 13.8 Å². The number of carbonyl (C=O) groups excluding carboxylic acids is 1. The van der Waals surface area contributed by atoms with Gasteiger partial charge in [-0.05, 0) is 56.3 Å². The molecule has 0 radical (unpaired) electrons. The Morgan fingerprint density at radius 1 is 0.947 bits per heavy atom. The molecule has 1 amide bonds. The molecule has 1 aliphatic heterocycles. The lowest BCUT2D eigenvalue weighted by molar-refractivity contribution is -0.117. The number of carbonyl (C=O) groups is 1. The van der Waals surface area contributed by atoms with E-state index in [9.17, 15) is 13.2 Å². The Balaban J connectivity index is 1.60. The number of amides is 1. The Kier molecular flexibility index (Phi) is 7.27. The molecule has 5 rings (SSSR count). The van der Waals surface area contributed by atoms with Crippen LogP contribution in [0.3, 0.4) is 0 Å². The van der Waals surface area contributed by atoms with Gasteiger partial charge in [0.25, 0.3) is 10.0 Å². The second kappa shape index (κ2) is 10.6.